The summed E-state index contributed by atoms with van der Waals surface area (Å²) < 4.78 is 42.3. The molecule has 2 aromatic rings. The summed E-state index contributed by atoms with van der Waals surface area (Å²) in [5.41, 5.74) is 0.266. The molecule has 0 amide bonds. The minimum absolute atomic E-state index is 0.0227. The van der Waals surface area contributed by atoms with Crippen molar-refractivity contribution in [3.63, 3.8) is 0 Å². The molecule has 0 radical (unpaired) electrons. The number of aromatic nitrogens is 3. The molecule has 0 N–H and O–H groups in total. The van der Waals surface area contributed by atoms with Crippen molar-refractivity contribution in [1.29, 1.82) is 5.26 Å². The molecule has 0 atom stereocenters. The van der Waals surface area contributed by atoms with E-state index in [4.69, 9.17) is 5.26 Å². The van der Waals surface area contributed by atoms with Gasteiger partial charge in [0.05, 0.1) is 17.4 Å². The van der Waals surface area contributed by atoms with E-state index in [1.165, 1.54) is 16.4 Å². The van der Waals surface area contributed by atoms with Crippen molar-refractivity contribution in [2.75, 3.05) is 13.1 Å². The molecule has 7 nitrogen and oxygen atoms in total. The molecule has 25 heavy (non-hydrogen) atoms. The van der Waals surface area contributed by atoms with E-state index in [9.17, 15) is 12.8 Å². The SMILES string of the molecule is Cn1cnnc1C1CCN(S(=O)(=O)Cc2cc(C#N)ccc2F)CC1. The minimum atomic E-state index is -3.65. The fraction of sp³-hybridized carbons (Fsp3) is 0.438. The highest BCUT2D eigenvalue weighted by Crippen LogP contribution is 2.28. The number of nitriles is 1. The van der Waals surface area contributed by atoms with Crippen LogP contribution in [0, 0.1) is 17.1 Å². The van der Waals surface area contributed by atoms with Crippen molar-refractivity contribution in [3.05, 3.63) is 47.3 Å². The van der Waals surface area contributed by atoms with Crippen LogP contribution in [0.2, 0.25) is 0 Å². The van der Waals surface area contributed by atoms with Crippen LogP contribution in [0.3, 0.4) is 0 Å². The van der Waals surface area contributed by atoms with Crippen molar-refractivity contribution >= 4 is 10.0 Å². The summed E-state index contributed by atoms with van der Waals surface area (Å²) in [6.07, 6.45) is 2.92. The van der Waals surface area contributed by atoms with Crippen LogP contribution in [0.1, 0.15) is 35.7 Å². The van der Waals surface area contributed by atoms with Crippen molar-refractivity contribution in [1.82, 2.24) is 19.1 Å². The summed E-state index contributed by atoms with van der Waals surface area (Å²) in [4.78, 5) is 0. The van der Waals surface area contributed by atoms with Gasteiger partial charge in [-0.05, 0) is 31.0 Å². The van der Waals surface area contributed by atoms with Crippen molar-refractivity contribution in [3.8, 4) is 6.07 Å². The standard InChI is InChI=1S/C16H18FN5O2S/c1-21-11-19-20-16(21)13-4-6-22(7-5-13)25(23,24)10-14-8-12(9-18)2-3-15(14)17/h2-3,8,11,13H,4-7,10H2,1H3. The Labute approximate surface area is 145 Å². The molecule has 3 rings (SSSR count). The van der Waals surface area contributed by atoms with Crippen LogP contribution in [-0.2, 0) is 22.8 Å². The van der Waals surface area contributed by atoms with Gasteiger partial charge in [-0.3, -0.25) is 0 Å². The molecule has 0 saturated carbocycles. The van der Waals surface area contributed by atoms with Crippen molar-refractivity contribution < 1.29 is 12.8 Å². The highest BCUT2D eigenvalue weighted by molar-refractivity contribution is 7.88. The maximum atomic E-state index is 13.9. The average Bonchev–Trinajstić information content (AvgIpc) is 3.03. The molecular formula is C16H18FN5O2S. The van der Waals surface area contributed by atoms with E-state index in [-0.39, 0.29) is 17.0 Å². The van der Waals surface area contributed by atoms with E-state index in [1.54, 1.807) is 6.33 Å². The van der Waals surface area contributed by atoms with Crippen LogP contribution in [-0.4, -0.2) is 40.6 Å². The normalized spacial score (nSPS) is 16.7. The fourth-order valence-corrected chi connectivity index (χ4v) is 4.66. The summed E-state index contributed by atoms with van der Waals surface area (Å²) in [5, 5.41) is 16.8. The van der Waals surface area contributed by atoms with Crippen molar-refractivity contribution in [2.24, 2.45) is 7.05 Å². The molecule has 1 aromatic heterocycles. The maximum absolute atomic E-state index is 13.9. The van der Waals surface area contributed by atoms with Gasteiger partial charge in [0.2, 0.25) is 10.0 Å². The average molecular weight is 363 g/mol. The molecule has 1 aliphatic heterocycles. The summed E-state index contributed by atoms with van der Waals surface area (Å²) in [7, 11) is -1.78. The zero-order valence-corrected chi connectivity index (χ0v) is 14.6. The Bertz CT molecular complexity index is 911. The topological polar surface area (TPSA) is 91.9 Å². The lowest BCUT2D eigenvalue weighted by molar-refractivity contribution is 0.310. The van der Waals surface area contributed by atoms with Gasteiger partial charge in [0.15, 0.2) is 0 Å². The van der Waals surface area contributed by atoms with E-state index in [0.29, 0.717) is 25.9 Å². The Balaban J connectivity index is 1.70. The van der Waals surface area contributed by atoms with E-state index in [0.717, 1.165) is 11.9 Å². The van der Waals surface area contributed by atoms with Gasteiger partial charge in [-0.25, -0.2) is 17.1 Å². The van der Waals surface area contributed by atoms with Gasteiger partial charge in [0.1, 0.15) is 18.0 Å². The summed E-state index contributed by atoms with van der Waals surface area (Å²) >= 11 is 0. The van der Waals surface area contributed by atoms with Crippen LogP contribution in [0.4, 0.5) is 4.39 Å². The number of hydrogen-bond acceptors (Lipinski definition) is 5. The van der Waals surface area contributed by atoms with Gasteiger partial charge >= 0.3 is 0 Å². The van der Waals surface area contributed by atoms with E-state index < -0.39 is 21.6 Å². The first-order chi connectivity index (χ1) is 11.9. The lowest BCUT2D eigenvalue weighted by Crippen LogP contribution is -2.39. The highest BCUT2D eigenvalue weighted by Gasteiger charge is 2.31. The smallest absolute Gasteiger partial charge is 0.218 e. The summed E-state index contributed by atoms with van der Waals surface area (Å²) in [6.45, 7) is 0.721. The van der Waals surface area contributed by atoms with Crippen LogP contribution < -0.4 is 0 Å². The monoisotopic (exact) mass is 363 g/mol. The second-order valence-corrected chi connectivity index (χ2v) is 8.12. The summed E-state index contributed by atoms with van der Waals surface area (Å²) in [6, 6.07) is 5.65. The molecule has 1 saturated heterocycles. The first-order valence-electron chi connectivity index (χ1n) is 7.91. The highest BCUT2D eigenvalue weighted by atomic mass is 32.2. The quantitative estimate of drug-likeness (QED) is 0.821. The molecule has 0 unspecified atom stereocenters. The largest absolute Gasteiger partial charge is 0.320 e. The van der Waals surface area contributed by atoms with Gasteiger partial charge < -0.3 is 4.57 Å². The van der Waals surface area contributed by atoms with Gasteiger partial charge in [0, 0.05) is 31.6 Å². The van der Waals surface area contributed by atoms with Gasteiger partial charge in [0.25, 0.3) is 0 Å². The fourth-order valence-electron chi connectivity index (χ4n) is 3.10. The number of nitrogens with zero attached hydrogens (tertiary/aromatic N) is 5. The first kappa shape index (κ1) is 17.5. The number of halogens is 1. The van der Waals surface area contributed by atoms with E-state index in [2.05, 4.69) is 10.2 Å². The third-order valence-corrected chi connectivity index (χ3v) is 6.30. The third-order valence-electron chi connectivity index (χ3n) is 4.47. The first-order valence-corrected chi connectivity index (χ1v) is 9.52. The van der Waals surface area contributed by atoms with Crippen LogP contribution in [0.25, 0.3) is 0 Å². The number of piperidine rings is 1. The second kappa shape index (κ2) is 6.90. The predicted octanol–water partition coefficient (Wildman–Crippen LogP) is 1.54. The Kier molecular flexibility index (Phi) is 4.83. The number of sulfonamides is 1. The van der Waals surface area contributed by atoms with Gasteiger partial charge in [-0.15, -0.1) is 10.2 Å². The number of benzene rings is 1. The van der Waals surface area contributed by atoms with Crippen LogP contribution >= 0.6 is 0 Å². The molecule has 1 aliphatic rings. The Hall–Kier alpha value is -2.31. The number of rotatable bonds is 4. The van der Waals surface area contributed by atoms with Crippen LogP contribution in [0.5, 0.6) is 0 Å². The molecule has 1 aromatic carbocycles. The lowest BCUT2D eigenvalue weighted by atomic mass is 9.97. The number of aryl methyl sites for hydroxylation is 1. The zero-order valence-electron chi connectivity index (χ0n) is 13.8. The molecule has 1 fully saturated rings. The zero-order chi connectivity index (χ0) is 18.0. The molecule has 0 aliphatic carbocycles. The Morgan fingerprint density at radius 3 is 2.68 bits per heavy atom. The molecular weight excluding hydrogens is 345 g/mol. The molecule has 9 heteroatoms. The molecule has 132 valence electrons. The minimum Gasteiger partial charge on any atom is -0.320 e. The summed E-state index contributed by atoms with van der Waals surface area (Å²) in [5.74, 6) is -0.0397. The van der Waals surface area contributed by atoms with E-state index >= 15 is 0 Å². The lowest BCUT2D eigenvalue weighted by Gasteiger charge is -2.30. The van der Waals surface area contributed by atoms with Gasteiger partial charge in [-0.2, -0.15) is 5.26 Å². The van der Waals surface area contributed by atoms with Crippen LogP contribution in [0.15, 0.2) is 24.5 Å². The van der Waals surface area contributed by atoms with E-state index in [1.807, 2.05) is 17.7 Å². The maximum Gasteiger partial charge on any atom is 0.218 e. The van der Waals surface area contributed by atoms with Crippen molar-refractivity contribution in [2.45, 2.75) is 24.5 Å². The Morgan fingerprint density at radius 1 is 1.36 bits per heavy atom. The molecule has 2 heterocycles. The second-order valence-electron chi connectivity index (χ2n) is 6.15. The Morgan fingerprint density at radius 2 is 2.08 bits per heavy atom. The molecule has 0 bridgehead atoms. The number of hydrogen-bond donors (Lipinski definition) is 0. The van der Waals surface area contributed by atoms with Gasteiger partial charge in [-0.1, -0.05) is 0 Å². The predicted molar refractivity (Wildman–Crippen MR) is 88.3 cm³/mol. The molecule has 0 spiro atoms. The third kappa shape index (κ3) is 3.70.